The van der Waals surface area contributed by atoms with Gasteiger partial charge >= 0.3 is 0 Å². The molecule has 0 radical (unpaired) electrons. The summed E-state index contributed by atoms with van der Waals surface area (Å²) >= 11 is 3.30. The molecule has 2 aliphatic rings. The minimum absolute atomic E-state index is 0.000303. The maximum atomic E-state index is 14.2. The summed E-state index contributed by atoms with van der Waals surface area (Å²) in [4.78, 5) is 14.1. The molecule has 1 aromatic carbocycles. The van der Waals surface area contributed by atoms with Gasteiger partial charge in [-0.2, -0.15) is 0 Å². The highest BCUT2D eigenvalue weighted by Gasteiger charge is 2.32. The molecule has 0 unspecified atom stereocenters. The van der Waals surface area contributed by atoms with Gasteiger partial charge in [-0.1, -0.05) is 15.9 Å². The summed E-state index contributed by atoms with van der Waals surface area (Å²) in [5.74, 6) is -0.440. The predicted molar refractivity (Wildman–Crippen MR) is 73.7 cm³/mol. The SMILES string of the molecule is O=C([C@H]1CCOC1)N1CCCc2cc(Br)cc(F)c21. The van der Waals surface area contributed by atoms with E-state index >= 15 is 0 Å². The molecule has 1 aromatic rings. The first-order valence-electron chi connectivity index (χ1n) is 6.54. The van der Waals surface area contributed by atoms with Crippen molar-refractivity contribution in [1.82, 2.24) is 0 Å². The smallest absolute Gasteiger partial charge is 0.232 e. The van der Waals surface area contributed by atoms with Gasteiger partial charge < -0.3 is 9.64 Å². The van der Waals surface area contributed by atoms with Crippen molar-refractivity contribution in [1.29, 1.82) is 0 Å². The maximum absolute atomic E-state index is 14.2. The lowest BCUT2D eigenvalue weighted by molar-refractivity contribution is -0.122. The van der Waals surface area contributed by atoms with Crippen molar-refractivity contribution in [2.75, 3.05) is 24.7 Å². The zero-order chi connectivity index (χ0) is 13.4. The van der Waals surface area contributed by atoms with E-state index in [-0.39, 0.29) is 17.6 Å². The number of halogens is 2. The molecule has 0 N–H and O–H groups in total. The lowest BCUT2D eigenvalue weighted by Crippen LogP contribution is -2.40. The summed E-state index contributed by atoms with van der Waals surface area (Å²) in [5.41, 5.74) is 1.37. The van der Waals surface area contributed by atoms with Crippen LogP contribution in [0.1, 0.15) is 18.4 Å². The number of amides is 1. The van der Waals surface area contributed by atoms with Gasteiger partial charge in [0.15, 0.2) is 0 Å². The fourth-order valence-corrected chi connectivity index (χ4v) is 3.30. The molecule has 2 aliphatic heterocycles. The molecular weight excluding hydrogens is 313 g/mol. The number of nitrogens with zero attached hydrogens (tertiary/aromatic N) is 1. The molecule has 0 saturated carbocycles. The van der Waals surface area contributed by atoms with E-state index in [4.69, 9.17) is 4.74 Å². The van der Waals surface area contributed by atoms with E-state index in [0.717, 1.165) is 29.3 Å². The maximum Gasteiger partial charge on any atom is 0.232 e. The number of benzene rings is 1. The standard InChI is InChI=1S/C14H15BrFNO2/c15-11-6-9-2-1-4-17(13(9)12(16)7-11)14(18)10-3-5-19-8-10/h6-7,10H,1-5,8H2/t10-/m0/s1. The van der Waals surface area contributed by atoms with Gasteiger partial charge in [-0.05, 0) is 37.0 Å². The van der Waals surface area contributed by atoms with Crippen molar-refractivity contribution in [3.05, 3.63) is 28.0 Å². The van der Waals surface area contributed by atoms with Crippen molar-refractivity contribution in [3.8, 4) is 0 Å². The van der Waals surface area contributed by atoms with E-state index in [0.29, 0.717) is 25.4 Å². The topological polar surface area (TPSA) is 29.5 Å². The van der Waals surface area contributed by atoms with Crippen LogP contribution in [0, 0.1) is 11.7 Å². The summed E-state index contributed by atoms with van der Waals surface area (Å²) in [7, 11) is 0. The van der Waals surface area contributed by atoms with Crippen LogP contribution in [0.5, 0.6) is 0 Å². The van der Waals surface area contributed by atoms with Crippen LogP contribution >= 0.6 is 15.9 Å². The number of carbonyl (C=O) groups excluding carboxylic acids is 1. The molecule has 19 heavy (non-hydrogen) atoms. The fourth-order valence-electron chi connectivity index (χ4n) is 2.82. The Bertz CT molecular complexity index is 514. The van der Waals surface area contributed by atoms with Gasteiger partial charge in [0.2, 0.25) is 5.91 Å². The molecule has 1 fully saturated rings. The number of ether oxygens (including phenoxy) is 1. The second-order valence-corrected chi connectivity index (χ2v) is 5.96. The summed E-state index contributed by atoms with van der Waals surface area (Å²) in [5, 5.41) is 0. The second-order valence-electron chi connectivity index (χ2n) is 5.05. The third kappa shape index (κ3) is 2.41. The zero-order valence-corrected chi connectivity index (χ0v) is 12.1. The normalized spacial score (nSPS) is 22.4. The highest BCUT2D eigenvalue weighted by atomic mass is 79.9. The van der Waals surface area contributed by atoms with E-state index in [1.54, 1.807) is 4.90 Å². The van der Waals surface area contributed by atoms with Crippen LogP contribution in [0.3, 0.4) is 0 Å². The first-order valence-corrected chi connectivity index (χ1v) is 7.33. The second kappa shape index (κ2) is 5.21. The Morgan fingerprint density at radius 3 is 3.05 bits per heavy atom. The van der Waals surface area contributed by atoms with E-state index in [1.807, 2.05) is 6.07 Å². The molecule has 102 valence electrons. The summed E-state index contributed by atoms with van der Waals surface area (Å²) in [6.45, 7) is 1.68. The number of hydrogen-bond donors (Lipinski definition) is 0. The molecule has 3 rings (SSSR count). The predicted octanol–water partition coefficient (Wildman–Crippen LogP) is 2.90. The van der Waals surface area contributed by atoms with Gasteiger partial charge in [-0.15, -0.1) is 0 Å². The Hall–Kier alpha value is -0.940. The van der Waals surface area contributed by atoms with Crippen molar-refractivity contribution in [2.45, 2.75) is 19.3 Å². The van der Waals surface area contributed by atoms with Crippen LogP contribution in [0.4, 0.5) is 10.1 Å². The number of rotatable bonds is 1. The monoisotopic (exact) mass is 327 g/mol. The molecule has 0 aromatic heterocycles. The Morgan fingerprint density at radius 1 is 1.47 bits per heavy atom. The summed E-state index contributed by atoms with van der Waals surface area (Å²) in [6.07, 6.45) is 2.43. The number of hydrogen-bond acceptors (Lipinski definition) is 2. The Labute approximate surface area is 119 Å². The quantitative estimate of drug-likeness (QED) is 0.793. The largest absolute Gasteiger partial charge is 0.381 e. The third-order valence-corrected chi connectivity index (χ3v) is 4.21. The minimum atomic E-state index is -0.323. The average molecular weight is 328 g/mol. The van der Waals surface area contributed by atoms with Gasteiger partial charge in [-0.3, -0.25) is 4.79 Å². The van der Waals surface area contributed by atoms with Gasteiger partial charge in [0.25, 0.3) is 0 Å². The van der Waals surface area contributed by atoms with Crippen LogP contribution in [0.2, 0.25) is 0 Å². The first kappa shape index (κ1) is 13.1. The number of aryl methyl sites for hydroxylation is 1. The van der Waals surface area contributed by atoms with Gasteiger partial charge in [0.05, 0.1) is 18.2 Å². The number of fused-ring (bicyclic) bond motifs is 1. The Morgan fingerprint density at radius 2 is 2.32 bits per heavy atom. The van der Waals surface area contributed by atoms with Crippen molar-refractivity contribution in [3.63, 3.8) is 0 Å². The van der Waals surface area contributed by atoms with Crippen molar-refractivity contribution < 1.29 is 13.9 Å². The van der Waals surface area contributed by atoms with E-state index in [9.17, 15) is 9.18 Å². The van der Waals surface area contributed by atoms with E-state index in [2.05, 4.69) is 15.9 Å². The molecule has 1 amide bonds. The van der Waals surface area contributed by atoms with Gasteiger partial charge in [0, 0.05) is 17.6 Å². The molecule has 5 heteroatoms. The fraction of sp³-hybridized carbons (Fsp3) is 0.500. The highest BCUT2D eigenvalue weighted by Crippen LogP contribution is 2.34. The van der Waals surface area contributed by atoms with E-state index in [1.165, 1.54) is 6.07 Å². The van der Waals surface area contributed by atoms with Crippen LogP contribution < -0.4 is 4.90 Å². The van der Waals surface area contributed by atoms with Crippen LogP contribution in [-0.4, -0.2) is 25.7 Å². The first-order chi connectivity index (χ1) is 9.16. The van der Waals surface area contributed by atoms with Crippen molar-refractivity contribution >= 4 is 27.5 Å². The highest BCUT2D eigenvalue weighted by molar-refractivity contribution is 9.10. The van der Waals surface area contributed by atoms with Crippen LogP contribution in [-0.2, 0) is 16.0 Å². The summed E-state index contributed by atoms with van der Waals surface area (Å²) in [6, 6.07) is 3.33. The zero-order valence-electron chi connectivity index (χ0n) is 10.5. The minimum Gasteiger partial charge on any atom is -0.381 e. The lowest BCUT2D eigenvalue weighted by atomic mass is 9.98. The molecule has 0 spiro atoms. The molecule has 0 bridgehead atoms. The number of carbonyl (C=O) groups is 1. The van der Waals surface area contributed by atoms with E-state index < -0.39 is 0 Å². The van der Waals surface area contributed by atoms with Crippen molar-refractivity contribution in [2.24, 2.45) is 5.92 Å². The molecule has 2 heterocycles. The molecule has 1 saturated heterocycles. The van der Waals surface area contributed by atoms with Gasteiger partial charge in [0.1, 0.15) is 5.82 Å². The van der Waals surface area contributed by atoms with Crippen LogP contribution in [0.15, 0.2) is 16.6 Å². The van der Waals surface area contributed by atoms with Gasteiger partial charge in [-0.25, -0.2) is 4.39 Å². The molecule has 1 atom stereocenters. The summed E-state index contributed by atoms with van der Waals surface area (Å²) < 4.78 is 20.2. The molecular formula is C14H15BrFNO2. The van der Waals surface area contributed by atoms with Crippen LogP contribution in [0.25, 0.3) is 0 Å². The lowest BCUT2D eigenvalue weighted by Gasteiger charge is -2.31. The molecule has 0 aliphatic carbocycles. The Balaban J connectivity index is 1.95. The molecule has 3 nitrogen and oxygen atoms in total. The average Bonchev–Trinajstić information content (AvgIpc) is 2.90. The third-order valence-electron chi connectivity index (χ3n) is 3.75. The number of anilines is 1. The Kier molecular flexibility index (Phi) is 3.58.